The van der Waals surface area contributed by atoms with E-state index in [0.717, 1.165) is 5.56 Å². The highest BCUT2D eigenvalue weighted by molar-refractivity contribution is 6.11. The summed E-state index contributed by atoms with van der Waals surface area (Å²) in [5.74, 6) is 0.920. The van der Waals surface area contributed by atoms with Crippen LogP contribution in [-0.4, -0.2) is 23.4 Å². The van der Waals surface area contributed by atoms with E-state index in [9.17, 15) is 0 Å². The summed E-state index contributed by atoms with van der Waals surface area (Å²) in [6.07, 6.45) is 0. The average molecular weight is 174 g/mol. The van der Waals surface area contributed by atoms with E-state index in [0.29, 0.717) is 11.7 Å². The molecule has 0 amide bonds. The van der Waals surface area contributed by atoms with Gasteiger partial charge in [-0.25, -0.2) is 5.32 Å². The normalized spacial score (nSPS) is 14.8. The first-order valence-corrected chi connectivity index (χ1v) is 3.92. The Morgan fingerprint density at radius 2 is 1.85 bits per heavy atom. The molecule has 1 aliphatic rings. The summed E-state index contributed by atoms with van der Waals surface area (Å²) in [5.41, 5.74) is 0.912. The highest BCUT2D eigenvalue weighted by Gasteiger charge is 2.13. The predicted molar refractivity (Wildman–Crippen MR) is 49.6 cm³/mol. The van der Waals surface area contributed by atoms with Crippen LogP contribution in [-0.2, 0) is 0 Å². The molecule has 2 rings (SSSR count). The summed E-state index contributed by atoms with van der Waals surface area (Å²) >= 11 is 0. The number of aliphatic hydroxyl groups is 1. The fourth-order valence-electron chi connectivity index (χ4n) is 1.05. The molecule has 0 bridgehead atoms. The minimum atomic E-state index is -0.167. The van der Waals surface area contributed by atoms with Gasteiger partial charge in [0.25, 0.3) is 0 Å². The molecular weight excluding hydrogens is 166 g/mol. The van der Waals surface area contributed by atoms with E-state index in [1.807, 2.05) is 30.3 Å². The zero-order valence-corrected chi connectivity index (χ0v) is 6.88. The lowest BCUT2D eigenvalue weighted by Gasteiger charge is -1.98. The van der Waals surface area contributed by atoms with Crippen LogP contribution in [0.1, 0.15) is 5.56 Å². The van der Waals surface area contributed by atoms with Gasteiger partial charge in [0.05, 0.1) is 0 Å². The second-order valence-corrected chi connectivity index (χ2v) is 2.58. The molecule has 1 heterocycles. The van der Waals surface area contributed by atoms with Crippen LogP contribution in [0.2, 0.25) is 0 Å². The van der Waals surface area contributed by atoms with Gasteiger partial charge in [-0.2, -0.15) is 0 Å². The molecule has 0 saturated heterocycles. The van der Waals surface area contributed by atoms with Crippen LogP contribution in [0.25, 0.3) is 0 Å². The molecule has 0 atom stereocenters. The Morgan fingerprint density at radius 1 is 1.08 bits per heavy atom. The summed E-state index contributed by atoms with van der Waals surface area (Å²) in [5, 5.41) is 20.3. The average Bonchev–Trinajstić information content (AvgIpc) is 2.67. The SMILES string of the molecule is OCC1=NN=C(c2ccccc2)[N]1. The van der Waals surface area contributed by atoms with Crippen LogP contribution < -0.4 is 5.32 Å². The number of hydrogen-bond acceptors (Lipinski definition) is 3. The van der Waals surface area contributed by atoms with E-state index in [1.165, 1.54) is 0 Å². The van der Waals surface area contributed by atoms with Gasteiger partial charge in [-0.3, -0.25) is 0 Å². The topological polar surface area (TPSA) is 59.1 Å². The molecule has 13 heavy (non-hydrogen) atoms. The molecule has 0 aliphatic carbocycles. The highest BCUT2D eigenvalue weighted by Crippen LogP contribution is 2.04. The Bertz CT molecular complexity index is 356. The van der Waals surface area contributed by atoms with Crippen molar-refractivity contribution in [2.75, 3.05) is 6.61 Å². The van der Waals surface area contributed by atoms with Crippen LogP contribution >= 0.6 is 0 Å². The Kier molecular flexibility index (Phi) is 2.06. The summed E-state index contributed by atoms with van der Waals surface area (Å²) in [7, 11) is 0. The van der Waals surface area contributed by atoms with Crippen molar-refractivity contribution in [1.82, 2.24) is 5.32 Å². The van der Waals surface area contributed by atoms with Crippen molar-refractivity contribution < 1.29 is 5.11 Å². The van der Waals surface area contributed by atoms with E-state index in [2.05, 4.69) is 15.5 Å². The second-order valence-electron chi connectivity index (χ2n) is 2.58. The molecular formula is C9H8N3O. The van der Waals surface area contributed by atoms with Crippen molar-refractivity contribution in [2.45, 2.75) is 0 Å². The van der Waals surface area contributed by atoms with E-state index in [-0.39, 0.29) is 6.61 Å². The minimum Gasteiger partial charge on any atom is -0.388 e. The zero-order valence-electron chi connectivity index (χ0n) is 6.88. The van der Waals surface area contributed by atoms with Crippen LogP contribution in [0.15, 0.2) is 40.5 Å². The molecule has 1 N–H and O–H groups in total. The number of nitrogens with zero attached hydrogens (tertiary/aromatic N) is 3. The van der Waals surface area contributed by atoms with Gasteiger partial charge < -0.3 is 5.11 Å². The first kappa shape index (κ1) is 7.94. The second kappa shape index (κ2) is 3.37. The minimum absolute atomic E-state index is 0.167. The van der Waals surface area contributed by atoms with E-state index in [1.54, 1.807) is 0 Å². The molecule has 0 fully saturated rings. The van der Waals surface area contributed by atoms with Gasteiger partial charge in [0.15, 0.2) is 11.7 Å². The molecule has 4 nitrogen and oxygen atoms in total. The van der Waals surface area contributed by atoms with E-state index in [4.69, 9.17) is 5.11 Å². The summed E-state index contributed by atoms with van der Waals surface area (Å²) in [4.78, 5) is 0. The number of rotatable bonds is 2. The number of benzene rings is 1. The molecule has 0 unspecified atom stereocenters. The largest absolute Gasteiger partial charge is 0.388 e. The van der Waals surface area contributed by atoms with Crippen LogP contribution in [0.5, 0.6) is 0 Å². The van der Waals surface area contributed by atoms with Gasteiger partial charge in [0.2, 0.25) is 0 Å². The molecule has 4 heteroatoms. The Labute approximate surface area is 75.6 Å². The van der Waals surface area contributed by atoms with Gasteiger partial charge in [0, 0.05) is 5.56 Å². The molecule has 1 aliphatic heterocycles. The maximum atomic E-state index is 8.73. The summed E-state index contributed by atoms with van der Waals surface area (Å²) in [6, 6.07) is 9.54. The first-order chi connectivity index (χ1) is 6.40. The molecule has 1 aromatic carbocycles. The standard InChI is InChI=1S/C9H8N3O/c13-6-8-10-9(12-11-8)7-4-2-1-3-5-7/h1-5,13H,6H2. The predicted octanol–water partition coefficient (Wildman–Crippen LogP) is 0.357. The van der Waals surface area contributed by atoms with Crippen molar-refractivity contribution in [3.8, 4) is 0 Å². The number of aliphatic hydroxyl groups excluding tert-OH is 1. The molecule has 65 valence electrons. The maximum absolute atomic E-state index is 8.73. The zero-order chi connectivity index (χ0) is 9.10. The van der Waals surface area contributed by atoms with Crippen molar-refractivity contribution in [1.29, 1.82) is 0 Å². The number of amidine groups is 2. The van der Waals surface area contributed by atoms with Crippen molar-refractivity contribution in [3.63, 3.8) is 0 Å². The quantitative estimate of drug-likeness (QED) is 0.691. The Hall–Kier alpha value is -1.68. The van der Waals surface area contributed by atoms with Gasteiger partial charge in [-0.05, 0) is 0 Å². The molecule has 1 aromatic rings. The third-order valence-corrected chi connectivity index (χ3v) is 1.67. The van der Waals surface area contributed by atoms with Crippen molar-refractivity contribution >= 4 is 11.7 Å². The van der Waals surface area contributed by atoms with Gasteiger partial charge in [-0.15, -0.1) is 10.2 Å². The highest BCUT2D eigenvalue weighted by atomic mass is 16.3. The first-order valence-electron chi connectivity index (χ1n) is 3.92. The van der Waals surface area contributed by atoms with Crippen LogP contribution in [0.3, 0.4) is 0 Å². The van der Waals surface area contributed by atoms with Crippen LogP contribution in [0, 0.1) is 0 Å². The van der Waals surface area contributed by atoms with Crippen LogP contribution in [0.4, 0.5) is 0 Å². The summed E-state index contributed by atoms with van der Waals surface area (Å²) < 4.78 is 0. The van der Waals surface area contributed by atoms with E-state index < -0.39 is 0 Å². The van der Waals surface area contributed by atoms with Gasteiger partial charge in [0.1, 0.15) is 6.61 Å². The fraction of sp³-hybridized carbons (Fsp3) is 0.111. The summed E-state index contributed by atoms with van der Waals surface area (Å²) in [6.45, 7) is -0.167. The fourth-order valence-corrected chi connectivity index (χ4v) is 1.05. The smallest absolute Gasteiger partial charge is 0.183 e. The van der Waals surface area contributed by atoms with Crippen molar-refractivity contribution in [2.24, 2.45) is 10.2 Å². The lowest BCUT2D eigenvalue weighted by Crippen LogP contribution is -2.21. The monoisotopic (exact) mass is 174 g/mol. The molecule has 0 saturated carbocycles. The third-order valence-electron chi connectivity index (χ3n) is 1.67. The maximum Gasteiger partial charge on any atom is 0.183 e. The Morgan fingerprint density at radius 3 is 2.46 bits per heavy atom. The Balaban J connectivity index is 2.16. The van der Waals surface area contributed by atoms with Gasteiger partial charge in [-0.1, -0.05) is 30.3 Å². The lowest BCUT2D eigenvalue weighted by molar-refractivity contribution is 0.355. The lowest BCUT2D eigenvalue weighted by atomic mass is 10.2. The van der Waals surface area contributed by atoms with E-state index >= 15 is 0 Å². The third kappa shape index (κ3) is 1.57. The number of hydrogen-bond donors (Lipinski definition) is 1. The molecule has 0 spiro atoms. The molecule has 1 radical (unpaired) electrons. The van der Waals surface area contributed by atoms with Crippen molar-refractivity contribution in [3.05, 3.63) is 35.9 Å². The molecule has 0 aromatic heterocycles. The van der Waals surface area contributed by atoms with Gasteiger partial charge >= 0.3 is 0 Å².